The van der Waals surface area contributed by atoms with Crippen molar-refractivity contribution >= 4 is 18.0 Å². The first-order chi connectivity index (χ1) is 8.99. The van der Waals surface area contributed by atoms with Gasteiger partial charge in [0.25, 0.3) is 5.91 Å². The number of carboxylic acids is 1. The zero-order valence-electron chi connectivity index (χ0n) is 9.94. The highest BCUT2D eigenvalue weighted by Crippen LogP contribution is 2.48. The van der Waals surface area contributed by atoms with Gasteiger partial charge in [0.05, 0.1) is 6.04 Å². The van der Waals surface area contributed by atoms with Crippen LogP contribution in [0.25, 0.3) is 0 Å². The first kappa shape index (κ1) is 12.0. The molecule has 19 heavy (non-hydrogen) atoms. The molecule has 0 aromatic heterocycles. The van der Waals surface area contributed by atoms with Crippen LogP contribution < -0.4 is 5.73 Å². The number of carboxylic acid groups (broad SMARTS) is 2. The predicted molar refractivity (Wildman–Crippen MR) is 61.0 cm³/mol. The van der Waals surface area contributed by atoms with Crippen LogP contribution >= 0.6 is 0 Å². The van der Waals surface area contributed by atoms with E-state index in [1.165, 1.54) is 4.90 Å². The molecule has 0 saturated carbocycles. The van der Waals surface area contributed by atoms with Gasteiger partial charge in [-0.3, -0.25) is 14.6 Å². The maximum atomic E-state index is 12.0. The van der Waals surface area contributed by atoms with Gasteiger partial charge < -0.3 is 15.9 Å². The van der Waals surface area contributed by atoms with E-state index in [1.807, 2.05) is 0 Å². The molecule has 2 saturated heterocycles. The average molecular weight is 267 g/mol. The van der Waals surface area contributed by atoms with Gasteiger partial charge in [-0.1, -0.05) is 0 Å². The molecule has 2 fully saturated rings. The number of rotatable bonds is 2. The van der Waals surface area contributed by atoms with Crippen LogP contribution in [0, 0.1) is 5.92 Å². The Balaban J connectivity index is 2.01. The molecule has 0 spiro atoms. The molecule has 0 aromatic carbocycles. The Labute approximate surface area is 108 Å². The topological polar surface area (TPSA) is 124 Å². The Hall–Kier alpha value is -2.09. The summed E-state index contributed by atoms with van der Waals surface area (Å²) in [5, 5.41) is 18.3. The molecule has 3 aliphatic heterocycles. The minimum absolute atomic E-state index is 0.0500. The second-order valence-corrected chi connectivity index (χ2v) is 4.90. The molecule has 8 nitrogen and oxygen atoms in total. The van der Waals surface area contributed by atoms with E-state index < -0.39 is 24.0 Å². The molecule has 0 aliphatic carbocycles. The molecule has 4 N–H and O–H groups in total. The Morgan fingerprint density at radius 1 is 1.37 bits per heavy atom. The smallest absolute Gasteiger partial charge is 0.408 e. The van der Waals surface area contributed by atoms with Crippen LogP contribution in [0.15, 0.2) is 11.3 Å². The summed E-state index contributed by atoms with van der Waals surface area (Å²) < 4.78 is 0. The summed E-state index contributed by atoms with van der Waals surface area (Å²) in [6.45, 7) is 0.309. The summed E-state index contributed by atoms with van der Waals surface area (Å²) in [5.41, 5.74) is 6.10. The minimum atomic E-state index is -1.18. The maximum absolute atomic E-state index is 12.0. The van der Waals surface area contributed by atoms with Crippen molar-refractivity contribution < 1.29 is 24.6 Å². The molecule has 102 valence electrons. The minimum Gasteiger partial charge on any atom is -0.477 e. The molecule has 0 radical (unpaired) electrons. The largest absolute Gasteiger partial charge is 0.477 e. The Bertz CT molecular complexity index is 528. The summed E-state index contributed by atoms with van der Waals surface area (Å²) in [5.74, 6) is -1.77. The highest BCUT2D eigenvalue weighted by atomic mass is 16.4. The summed E-state index contributed by atoms with van der Waals surface area (Å²) in [7, 11) is 0. The van der Waals surface area contributed by atoms with Gasteiger partial charge in [0.2, 0.25) is 0 Å². The zero-order valence-corrected chi connectivity index (χ0v) is 9.94. The van der Waals surface area contributed by atoms with Crippen molar-refractivity contribution in [3.63, 3.8) is 0 Å². The van der Waals surface area contributed by atoms with Crippen molar-refractivity contribution in [1.82, 2.24) is 9.80 Å². The van der Waals surface area contributed by atoms with Crippen molar-refractivity contribution in [3.8, 4) is 0 Å². The summed E-state index contributed by atoms with van der Waals surface area (Å²) in [6.07, 6.45) is -0.643. The fourth-order valence-electron chi connectivity index (χ4n) is 3.47. The van der Waals surface area contributed by atoms with E-state index in [9.17, 15) is 19.5 Å². The van der Waals surface area contributed by atoms with E-state index in [-0.39, 0.29) is 30.7 Å². The lowest BCUT2D eigenvalue weighted by Gasteiger charge is -2.52. The highest BCUT2D eigenvalue weighted by Gasteiger charge is 2.64. The van der Waals surface area contributed by atoms with Gasteiger partial charge in [0, 0.05) is 19.0 Å². The van der Waals surface area contributed by atoms with Crippen LogP contribution in [0.4, 0.5) is 4.79 Å². The molecular weight excluding hydrogens is 254 g/mol. The quantitative estimate of drug-likeness (QED) is 0.544. The summed E-state index contributed by atoms with van der Waals surface area (Å²) in [4.78, 5) is 36.7. The van der Waals surface area contributed by atoms with E-state index in [2.05, 4.69) is 0 Å². The molecule has 1 unspecified atom stereocenters. The predicted octanol–water partition coefficient (Wildman–Crippen LogP) is -1.12. The molecule has 3 rings (SSSR count). The van der Waals surface area contributed by atoms with E-state index in [0.717, 1.165) is 4.90 Å². The number of carbonyl (C=O) groups excluding carboxylic acids is 1. The van der Waals surface area contributed by atoms with Gasteiger partial charge in [-0.15, -0.1) is 0 Å². The monoisotopic (exact) mass is 267 g/mol. The first-order valence-electron chi connectivity index (χ1n) is 5.98. The van der Waals surface area contributed by atoms with Crippen molar-refractivity contribution in [1.29, 1.82) is 0 Å². The number of nitrogens with two attached hydrogens (primary N) is 1. The molecular formula is C11H13N3O5. The van der Waals surface area contributed by atoms with Crippen molar-refractivity contribution in [2.45, 2.75) is 18.5 Å². The van der Waals surface area contributed by atoms with E-state index >= 15 is 0 Å². The standard InChI is InChI=1S/C11H13N3O5/c12-3-5-4-1-2-13(11(18)19)8-6(4)14(9(8)15)7(5)10(16)17/h4,6,8H,1-3,12H2,(H,16,17)(H,18,19)/t4?,6-,8+/m1/s1. The van der Waals surface area contributed by atoms with Crippen LogP contribution in [0.3, 0.4) is 0 Å². The van der Waals surface area contributed by atoms with Crippen LogP contribution in [0.1, 0.15) is 6.42 Å². The summed E-state index contributed by atoms with van der Waals surface area (Å²) in [6, 6.07) is -1.14. The van der Waals surface area contributed by atoms with Gasteiger partial charge in [0.15, 0.2) is 0 Å². The summed E-state index contributed by atoms with van der Waals surface area (Å²) >= 11 is 0. The van der Waals surface area contributed by atoms with E-state index in [4.69, 9.17) is 10.8 Å². The highest BCUT2D eigenvalue weighted by molar-refractivity contribution is 6.02. The second-order valence-electron chi connectivity index (χ2n) is 4.90. The van der Waals surface area contributed by atoms with Crippen LogP contribution in [0.2, 0.25) is 0 Å². The fraction of sp³-hybridized carbons (Fsp3) is 0.545. The third-order valence-corrected chi connectivity index (χ3v) is 4.20. The number of hydrogen-bond donors (Lipinski definition) is 3. The molecule has 3 heterocycles. The Morgan fingerprint density at radius 3 is 2.58 bits per heavy atom. The van der Waals surface area contributed by atoms with Crippen molar-refractivity contribution in [2.24, 2.45) is 11.7 Å². The number of piperidine rings is 1. The number of β-lactam (4-membered cyclic amide) rings is 1. The van der Waals surface area contributed by atoms with Crippen molar-refractivity contribution in [2.75, 3.05) is 13.1 Å². The number of amides is 2. The number of nitrogens with zero attached hydrogens (tertiary/aromatic N) is 2. The number of aliphatic carboxylic acids is 1. The van der Waals surface area contributed by atoms with Gasteiger partial charge in [-0.2, -0.15) is 0 Å². The fourth-order valence-corrected chi connectivity index (χ4v) is 3.47. The molecule has 0 bridgehead atoms. The lowest BCUT2D eigenvalue weighted by molar-refractivity contribution is -0.161. The lowest BCUT2D eigenvalue weighted by atomic mass is 9.78. The third-order valence-electron chi connectivity index (χ3n) is 4.20. The molecule has 3 aliphatic rings. The van der Waals surface area contributed by atoms with Gasteiger partial charge in [-0.25, -0.2) is 9.59 Å². The van der Waals surface area contributed by atoms with Crippen LogP contribution in [-0.2, 0) is 9.59 Å². The van der Waals surface area contributed by atoms with Crippen LogP contribution in [-0.4, -0.2) is 63.2 Å². The normalized spacial score (nSPS) is 32.3. The lowest BCUT2D eigenvalue weighted by Crippen LogP contribution is -2.73. The van der Waals surface area contributed by atoms with Crippen molar-refractivity contribution in [3.05, 3.63) is 11.3 Å². The van der Waals surface area contributed by atoms with Gasteiger partial charge >= 0.3 is 12.1 Å². The van der Waals surface area contributed by atoms with Gasteiger partial charge in [-0.05, 0) is 12.0 Å². The number of likely N-dealkylation sites (tertiary alicyclic amines) is 1. The number of carbonyl (C=O) groups is 3. The molecule has 0 aromatic rings. The zero-order chi connectivity index (χ0) is 13.9. The van der Waals surface area contributed by atoms with E-state index in [0.29, 0.717) is 12.0 Å². The SMILES string of the molecule is NCC1=C(C(=O)O)N2C(=O)[C@@H]3[C@H]2C1CCN3C(=O)O. The molecule has 3 atom stereocenters. The van der Waals surface area contributed by atoms with Crippen LogP contribution in [0.5, 0.6) is 0 Å². The first-order valence-corrected chi connectivity index (χ1v) is 5.98. The van der Waals surface area contributed by atoms with E-state index in [1.54, 1.807) is 0 Å². The third kappa shape index (κ3) is 1.29. The Kier molecular flexibility index (Phi) is 2.33. The molecule has 2 amide bonds. The number of hydrogen-bond acceptors (Lipinski definition) is 4. The Morgan fingerprint density at radius 2 is 2.05 bits per heavy atom. The average Bonchev–Trinajstić information content (AvgIpc) is 2.69. The molecule has 8 heteroatoms. The van der Waals surface area contributed by atoms with Gasteiger partial charge in [0.1, 0.15) is 11.7 Å². The maximum Gasteiger partial charge on any atom is 0.408 e. The second kappa shape index (κ2) is 3.70.